The highest BCUT2D eigenvalue weighted by atomic mass is 19.4. The fourth-order valence-corrected chi connectivity index (χ4v) is 3.49. The Morgan fingerprint density at radius 2 is 1.87 bits per heavy atom. The van der Waals surface area contributed by atoms with Gasteiger partial charge in [-0.1, -0.05) is 47.1 Å². The van der Waals surface area contributed by atoms with Crippen molar-refractivity contribution in [3.05, 3.63) is 77.0 Å². The highest BCUT2D eigenvalue weighted by Gasteiger charge is 2.31. The quantitative estimate of drug-likeness (QED) is 0.451. The molecular weight excluding hydrogens is 409 g/mol. The zero-order chi connectivity index (χ0) is 21.6. The van der Waals surface area contributed by atoms with Crippen LogP contribution in [0, 0.1) is 6.92 Å². The van der Waals surface area contributed by atoms with Crippen molar-refractivity contribution in [2.45, 2.75) is 32.4 Å². The van der Waals surface area contributed by atoms with E-state index in [-0.39, 0.29) is 23.4 Å². The second-order valence-corrected chi connectivity index (χ2v) is 7.42. The molecule has 1 aliphatic heterocycles. The number of ether oxygens (including phenoxy) is 1. The number of alkyl halides is 3. The molecule has 1 aliphatic rings. The molecule has 0 saturated heterocycles. The molecule has 2 aromatic heterocycles. The topological polar surface area (TPSA) is 66.0 Å². The Morgan fingerprint density at radius 1 is 1.06 bits per heavy atom. The van der Waals surface area contributed by atoms with E-state index >= 15 is 0 Å². The third kappa shape index (κ3) is 3.84. The molecule has 0 fully saturated rings. The average molecular weight is 426 g/mol. The molecule has 0 N–H and O–H groups in total. The lowest BCUT2D eigenvalue weighted by molar-refractivity contribution is -0.137. The van der Waals surface area contributed by atoms with Gasteiger partial charge in [-0.3, -0.25) is 4.68 Å². The van der Waals surface area contributed by atoms with Crippen LogP contribution >= 0.6 is 0 Å². The molecule has 0 bridgehead atoms. The van der Waals surface area contributed by atoms with E-state index in [0.29, 0.717) is 18.8 Å². The van der Waals surface area contributed by atoms with Crippen molar-refractivity contribution in [3.8, 4) is 23.0 Å². The first-order valence-electron chi connectivity index (χ1n) is 9.63. The Morgan fingerprint density at radius 3 is 2.65 bits per heavy atom. The minimum Gasteiger partial charge on any atom is -0.365 e. The average Bonchev–Trinajstić information content (AvgIpc) is 3.40. The second kappa shape index (κ2) is 7.35. The van der Waals surface area contributed by atoms with Crippen LogP contribution in [0.5, 0.6) is 0 Å². The summed E-state index contributed by atoms with van der Waals surface area (Å²) in [7, 11) is 0. The van der Waals surface area contributed by atoms with Crippen molar-refractivity contribution < 1.29 is 22.4 Å². The highest BCUT2D eigenvalue weighted by Crippen LogP contribution is 2.33. The third-order valence-electron chi connectivity index (χ3n) is 5.18. The SMILES string of the molecule is Cc1ccc([C@H]2Cn3nc(-c4nc(-c5cccc(C(F)(F)F)c5)no4)cc3CO2)cc1. The molecule has 0 unspecified atom stereocenters. The van der Waals surface area contributed by atoms with E-state index < -0.39 is 11.7 Å². The number of fused-ring (bicyclic) bond motifs is 1. The zero-order valence-corrected chi connectivity index (χ0v) is 16.4. The van der Waals surface area contributed by atoms with Crippen LogP contribution < -0.4 is 0 Å². The summed E-state index contributed by atoms with van der Waals surface area (Å²) in [5, 5.41) is 8.37. The summed E-state index contributed by atoms with van der Waals surface area (Å²) in [5.41, 5.74) is 3.00. The molecule has 0 spiro atoms. The summed E-state index contributed by atoms with van der Waals surface area (Å²) < 4.78 is 52.0. The predicted molar refractivity (Wildman–Crippen MR) is 105 cm³/mol. The van der Waals surface area contributed by atoms with Gasteiger partial charge in [0.25, 0.3) is 5.89 Å². The van der Waals surface area contributed by atoms with Crippen LogP contribution in [0.4, 0.5) is 13.2 Å². The Balaban J connectivity index is 1.39. The minimum atomic E-state index is -4.44. The van der Waals surface area contributed by atoms with E-state index in [2.05, 4.69) is 15.2 Å². The zero-order valence-electron chi connectivity index (χ0n) is 16.4. The lowest BCUT2D eigenvalue weighted by Crippen LogP contribution is -2.21. The van der Waals surface area contributed by atoms with Crippen LogP contribution in [0.1, 0.15) is 28.5 Å². The van der Waals surface area contributed by atoms with Gasteiger partial charge in [-0.15, -0.1) is 0 Å². The van der Waals surface area contributed by atoms with Crippen molar-refractivity contribution in [1.82, 2.24) is 19.9 Å². The molecule has 0 saturated carbocycles. The number of halogens is 3. The first-order valence-corrected chi connectivity index (χ1v) is 9.63. The molecule has 158 valence electrons. The Hall–Kier alpha value is -3.46. The smallest absolute Gasteiger partial charge is 0.365 e. The fraction of sp³-hybridized carbons (Fsp3) is 0.227. The molecule has 4 aromatic rings. The summed E-state index contributed by atoms with van der Waals surface area (Å²) in [6.45, 7) is 2.94. The molecule has 5 rings (SSSR count). The van der Waals surface area contributed by atoms with Crippen molar-refractivity contribution in [2.24, 2.45) is 0 Å². The van der Waals surface area contributed by atoms with Gasteiger partial charge in [0.1, 0.15) is 6.10 Å². The first kappa shape index (κ1) is 19.5. The van der Waals surface area contributed by atoms with Gasteiger partial charge < -0.3 is 9.26 Å². The van der Waals surface area contributed by atoms with Crippen molar-refractivity contribution in [3.63, 3.8) is 0 Å². The number of hydrogen-bond donors (Lipinski definition) is 0. The molecule has 2 aromatic carbocycles. The lowest BCUT2D eigenvalue weighted by atomic mass is 10.1. The van der Waals surface area contributed by atoms with Crippen molar-refractivity contribution >= 4 is 0 Å². The van der Waals surface area contributed by atoms with Gasteiger partial charge in [0, 0.05) is 5.56 Å². The van der Waals surface area contributed by atoms with E-state index in [0.717, 1.165) is 23.4 Å². The third-order valence-corrected chi connectivity index (χ3v) is 5.18. The molecule has 9 heteroatoms. The molecule has 31 heavy (non-hydrogen) atoms. The number of nitrogens with zero attached hydrogens (tertiary/aromatic N) is 4. The predicted octanol–water partition coefficient (Wildman–Crippen LogP) is 5.20. The molecule has 0 aliphatic carbocycles. The molecular formula is C22H17F3N4O2. The number of hydrogen-bond acceptors (Lipinski definition) is 5. The standard InChI is InChI=1S/C22H17F3N4O2/c1-13-5-7-14(8-6-13)19-11-29-17(12-30-19)10-18(27-29)21-26-20(28-31-21)15-3-2-4-16(9-15)22(23,24)25/h2-10,19H,11-12H2,1H3/t19-/m1/s1. The maximum atomic E-state index is 13.0. The summed E-state index contributed by atoms with van der Waals surface area (Å²) >= 11 is 0. The largest absolute Gasteiger partial charge is 0.416 e. The molecule has 3 heterocycles. The maximum Gasteiger partial charge on any atom is 0.416 e. The number of rotatable bonds is 3. The summed E-state index contributed by atoms with van der Waals surface area (Å²) in [6, 6.07) is 14.7. The fourth-order valence-electron chi connectivity index (χ4n) is 3.49. The summed E-state index contributed by atoms with van der Waals surface area (Å²) in [6.07, 6.45) is -4.57. The molecule has 0 amide bonds. The Bertz CT molecular complexity index is 1230. The summed E-state index contributed by atoms with van der Waals surface area (Å²) in [4.78, 5) is 4.24. The van der Waals surface area contributed by atoms with E-state index in [9.17, 15) is 13.2 Å². The van der Waals surface area contributed by atoms with E-state index in [1.54, 1.807) is 6.07 Å². The monoisotopic (exact) mass is 426 g/mol. The van der Waals surface area contributed by atoms with Gasteiger partial charge in [-0.05, 0) is 30.7 Å². The number of aromatic nitrogens is 4. The van der Waals surface area contributed by atoms with Gasteiger partial charge >= 0.3 is 6.18 Å². The number of aryl methyl sites for hydroxylation is 1. The van der Waals surface area contributed by atoms with Crippen LogP contribution in [-0.4, -0.2) is 19.9 Å². The van der Waals surface area contributed by atoms with E-state index in [4.69, 9.17) is 9.26 Å². The van der Waals surface area contributed by atoms with E-state index in [1.165, 1.54) is 17.7 Å². The van der Waals surface area contributed by atoms with Crippen LogP contribution in [0.15, 0.2) is 59.1 Å². The first-order chi connectivity index (χ1) is 14.9. The van der Waals surface area contributed by atoms with Crippen LogP contribution in [0.25, 0.3) is 23.0 Å². The van der Waals surface area contributed by atoms with Gasteiger partial charge in [0.2, 0.25) is 5.82 Å². The Labute approximate surface area is 175 Å². The van der Waals surface area contributed by atoms with Crippen LogP contribution in [0.2, 0.25) is 0 Å². The normalized spacial score (nSPS) is 16.3. The lowest BCUT2D eigenvalue weighted by Gasteiger charge is -2.24. The number of benzene rings is 2. The second-order valence-electron chi connectivity index (χ2n) is 7.42. The maximum absolute atomic E-state index is 13.0. The molecule has 1 atom stereocenters. The summed E-state index contributed by atoms with van der Waals surface area (Å²) in [5.74, 6) is 0.210. The van der Waals surface area contributed by atoms with Crippen LogP contribution in [-0.2, 0) is 24.1 Å². The minimum absolute atomic E-state index is 0.0702. The molecule has 6 nitrogen and oxygen atoms in total. The van der Waals surface area contributed by atoms with Gasteiger partial charge in [0.15, 0.2) is 5.69 Å². The van der Waals surface area contributed by atoms with Crippen molar-refractivity contribution in [2.75, 3.05) is 0 Å². The highest BCUT2D eigenvalue weighted by molar-refractivity contribution is 5.59. The molecule has 0 radical (unpaired) electrons. The van der Waals surface area contributed by atoms with Gasteiger partial charge in [-0.25, -0.2) is 0 Å². The van der Waals surface area contributed by atoms with E-state index in [1.807, 2.05) is 35.9 Å². The Kier molecular flexibility index (Phi) is 4.62. The van der Waals surface area contributed by atoms with Crippen molar-refractivity contribution in [1.29, 1.82) is 0 Å². The van der Waals surface area contributed by atoms with Gasteiger partial charge in [-0.2, -0.15) is 23.3 Å². The van der Waals surface area contributed by atoms with Gasteiger partial charge in [0.05, 0.1) is 24.4 Å². The van der Waals surface area contributed by atoms with Crippen LogP contribution in [0.3, 0.4) is 0 Å².